The van der Waals surface area contributed by atoms with Gasteiger partial charge in [0.05, 0.1) is 31.8 Å². The molecule has 1 amide bonds. The van der Waals surface area contributed by atoms with Gasteiger partial charge in [0.25, 0.3) is 0 Å². The Hall–Kier alpha value is -2.82. The van der Waals surface area contributed by atoms with Crippen LogP contribution in [0.15, 0.2) is 47.4 Å². The van der Waals surface area contributed by atoms with Crippen LogP contribution in [0, 0.1) is 0 Å². The van der Waals surface area contributed by atoms with Crippen molar-refractivity contribution in [2.75, 3.05) is 58.9 Å². The van der Waals surface area contributed by atoms with Crippen molar-refractivity contribution in [3.05, 3.63) is 48.0 Å². The van der Waals surface area contributed by atoms with Crippen LogP contribution in [0.4, 0.5) is 0 Å². The number of hydrogen-bond donors (Lipinski definition) is 0. The van der Waals surface area contributed by atoms with Gasteiger partial charge < -0.3 is 23.8 Å². The summed E-state index contributed by atoms with van der Waals surface area (Å²) in [6.45, 7) is 5.79. The fraction of sp³-hybridized carbons (Fsp3) is 0.519. The number of methoxy groups -OCH3 is 1. The van der Waals surface area contributed by atoms with Crippen molar-refractivity contribution in [1.82, 2.24) is 9.80 Å². The lowest BCUT2D eigenvalue weighted by Gasteiger charge is -2.31. The van der Waals surface area contributed by atoms with Crippen LogP contribution >= 0.6 is 0 Å². The fourth-order valence-corrected chi connectivity index (χ4v) is 6.04. The number of rotatable bonds is 6. The van der Waals surface area contributed by atoms with Crippen LogP contribution in [-0.4, -0.2) is 89.1 Å². The summed E-state index contributed by atoms with van der Waals surface area (Å²) in [5.74, 6) is 0.996. The molecule has 1 saturated heterocycles. The van der Waals surface area contributed by atoms with Gasteiger partial charge in [-0.1, -0.05) is 12.1 Å². The first-order valence-corrected chi connectivity index (χ1v) is 14.4. The first-order valence-electron chi connectivity index (χ1n) is 12.7. The molecule has 1 fully saturated rings. The van der Waals surface area contributed by atoms with Gasteiger partial charge in [-0.15, -0.1) is 0 Å². The third-order valence-corrected chi connectivity index (χ3v) is 8.35. The van der Waals surface area contributed by atoms with Gasteiger partial charge in [-0.25, -0.2) is 8.42 Å². The predicted octanol–water partition coefficient (Wildman–Crippen LogP) is 2.77. The highest BCUT2D eigenvalue weighted by atomic mass is 32.2. The summed E-state index contributed by atoms with van der Waals surface area (Å²) in [4.78, 5) is 17.4. The molecule has 2 aromatic rings. The third-order valence-electron chi connectivity index (χ3n) is 6.73. The average molecular weight is 533 g/mol. The van der Waals surface area contributed by atoms with E-state index >= 15 is 0 Å². The Morgan fingerprint density at radius 3 is 2.65 bits per heavy atom. The summed E-state index contributed by atoms with van der Waals surface area (Å²) in [5.41, 5.74) is 1.03. The van der Waals surface area contributed by atoms with Gasteiger partial charge in [0.15, 0.2) is 21.3 Å². The molecular weight excluding hydrogens is 496 g/mol. The Balaban J connectivity index is 1.52. The van der Waals surface area contributed by atoms with Crippen LogP contribution < -0.4 is 14.2 Å². The molecule has 10 heteroatoms. The number of sulfone groups is 1. The molecule has 9 nitrogen and oxygen atoms in total. The monoisotopic (exact) mass is 532 g/mol. The number of carbonyl (C=O) groups is 1. The van der Waals surface area contributed by atoms with Crippen LogP contribution in [-0.2, 0) is 25.9 Å². The number of fused-ring (bicyclic) bond motifs is 2. The van der Waals surface area contributed by atoms with Crippen molar-refractivity contribution in [3.63, 3.8) is 0 Å². The van der Waals surface area contributed by atoms with Gasteiger partial charge in [0.1, 0.15) is 18.1 Å². The van der Waals surface area contributed by atoms with E-state index in [-0.39, 0.29) is 10.9 Å². The van der Waals surface area contributed by atoms with Crippen molar-refractivity contribution >= 4 is 15.7 Å². The molecule has 0 bridgehead atoms. The zero-order valence-corrected chi connectivity index (χ0v) is 22.4. The molecule has 1 atom stereocenters. The summed E-state index contributed by atoms with van der Waals surface area (Å²) in [6, 6.07) is 12.1. The van der Waals surface area contributed by atoms with Gasteiger partial charge in [0.2, 0.25) is 5.91 Å². The summed E-state index contributed by atoms with van der Waals surface area (Å²) in [6.07, 6.45) is 1.94. The van der Waals surface area contributed by atoms with E-state index in [0.717, 1.165) is 30.7 Å². The Bertz CT molecular complexity index is 1150. The normalized spacial score (nSPS) is 19.4. The second-order valence-electron chi connectivity index (χ2n) is 9.18. The maximum absolute atomic E-state index is 13.3. The number of benzene rings is 2. The predicted molar refractivity (Wildman–Crippen MR) is 139 cm³/mol. The maximum Gasteiger partial charge on any atom is 0.238 e. The largest absolute Gasteiger partial charge is 0.497 e. The Morgan fingerprint density at radius 2 is 1.89 bits per heavy atom. The van der Waals surface area contributed by atoms with Crippen LogP contribution in [0.25, 0.3) is 0 Å². The summed E-state index contributed by atoms with van der Waals surface area (Å²) >= 11 is 0. The molecule has 2 aliphatic rings. The summed E-state index contributed by atoms with van der Waals surface area (Å²) < 4.78 is 48.8. The van der Waals surface area contributed by atoms with E-state index in [4.69, 9.17) is 18.9 Å². The van der Waals surface area contributed by atoms with Crippen LogP contribution in [0.5, 0.6) is 17.2 Å². The standard InChI is InChI=1S/C27H36N2O7S/c1-3-35-25-8-4-6-21-18-28-13-5-7-22(28)19-29(14-15-34-16-17-36-27(21)25)26(30)20-37(31,32)24-11-9-23(33-2)10-12-24/h4,6,8-12,22H,3,5,7,13-20H2,1-2H3/t22-/m0/s1. The smallest absolute Gasteiger partial charge is 0.238 e. The molecule has 4 rings (SSSR count). The molecule has 2 aromatic carbocycles. The number of ether oxygens (including phenoxy) is 4. The van der Waals surface area contributed by atoms with Crippen LogP contribution in [0.2, 0.25) is 0 Å². The molecule has 0 N–H and O–H groups in total. The number of amides is 1. The van der Waals surface area contributed by atoms with Crippen molar-refractivity contribution < 1.29 is 32.2 Å². The lowest BCUT2D eigenvalue weighted by Crippen LogP contribution is -2.46. The number of hydrogen-bond acceptors (Lipinski definition) is 8. The highest BCUT2D eigenvalue weighted by Gasteiger charge is 2.31. The number of carbonyl (C=O) groups excluding carboxylic acids is 1. The topological polar surface area (TPSA) is 94.6 Å². The van der Waals surface area contributed by atoms with E-state index in [1.165, 1.54) is 19.2 Å². The quantitative estimate of drug-likeness (QED) is 0.561. The number of nitrogens with zero attached hydrogens (tertiary/aromatic N) is 2. The molecule has 0 unspecified atom stereocenters. The van der Waals surface area contributed by atoms with Crippen molar-refractivity contribution in [2.24, 2.45) is 0 Å². The van der Waals surface area contributed by atoms with Gasteiger partial charge in [-0.05, 0) is 56.6 Å². The van der Waals surface area contributed by atoms with Crippen molar-refractivity contribution in [2.45, 2.75) is 37.2 Å². The van der Waals surface area contributed by atoms with E-state index in [1.54, 1.807) is 17.0 Å². The maximum atomic E-state index is 13.3. The highest BCUT2D eigenvalue weighted by Crippen LogP contribution is 2.34. The Morgan fingerprint density at radius 1 is 1.08 bits per heavy atom. The number of para-hydroxylation sites is 1. The second-order valence-corrected chi connectivity index (χ2v) is 11.2. The third kappa shape index (κ3) is 6.94. The minimum absolute atomic E-state index is 0.102. The lowest BCUT2D eigenvalue weighted by atomic mass is 10.1. The Kier molecular flexibility index (Phi) is 9.28. The highest BCUT2D eigenvalue weighted by molar-refractivity contribution is 7.92. The van der Waals surface area contributed by atoms with Gasteiger partial charge in [0, 0.05) is 31.2 Å². The van der Waals surface area contributed by atoms with E-state index in [0.29, 0.717) is 57.6 Å². The molecule has 2 heterocycles. The minimum atomic E-state index is -3.80. The van der Waals surface area contributed by atoms with Crippen LogP contribution in [0.3, 0.4) is 0 Å². The van der Waals surface area contributed by atoms with Gasteiger partial charge in [-0.3, -0.25) is 9.69 Å². The minimum Gasteiger partial charge on any atom is -0.497 e. The van der Waals surface area contributed by atoms with E-state index in [1.807, 2.05) is 25.1 Å². The Labute approximate surface area is 219 Å². The molecule has 0 spiro atoms. The zero-order valence-electron chi connectivity index (χ0n) is 21.6. The molecule has 37 heavy (non-hydrogen) atoms. The first-order chi connectivity index (χ1) is 17.9. The fourth-order valence-electron chi connectivity index (χ4n) is 4.82. The lowest BCUT2D eigenvalue weighted by molar-refractivity contribution is -0.130. The van der Waals surface area contributed by atoms with Crippen LogP contribution in [0.1, 0.15) is 25.3 Å². The molecule has 0 radical (unpaired) electrons. The molecule has 0 aliphatic carbocycles. The van der Waals surface area contributed by atoms with Gasteiger partial charge in [-0.2, -0.15) is 0 Å². The molecule has 0 saturated carbocycles. The SMILES string of the molecule is CCOc1cccc2c1OCCOCCN(C(=O)CS(=O)(=O)c1ccc(OC)cc1)C[C@@H]1CCCN1C2. The van der Waals surface area contributed by atoms with E-state index in [2.05, 4.69) is 4.90 Å². The molecule has 202 valence electrons. The summed E-state index contributed by atoms with van der Waals surface area (Å²) in [5, 5.41) is 0. The first kappa shape index (κ1) is 27.2. The second kappa shape index (κ2) is 12.6. The average Bonchev–Trinajstić information content (AvgIpc) is 3.32. The van der Waals surface area contributed by atoms with Gasteiger partial charge >= 0.3 is 0 Å². The van der Waals surface area contributed by atoms with Crippen molar-refractivity contribution in [3.8, 4) is 17.2 Å². The summed E-state index contributed by atoms with van der Waals surface area (Å²) in [7, 11) is -2.28. The zero-order chi connectivity index (χ0) is 26.3. The molecule has 2 aliphatic heterocycles. The molecule has 0 aromatic heterocycles. The van der Waals surface area contributed by atoms with Crippen molar-refractivity contribution in [1.29, 1.82) is 0 Å². The van der Waals surface area contributed by atoms with E-state index < -0.39 is 21.5 Å². The molecular formula is C27H36N2O7S. The van der Waals surface area contributed by atoms with E-state index in [9.17, 15) is 13.2 Å².